The molecular weight excluding hydrogens is 515 g/mol. The summed E-state index contributed by atoms with van der Waals surface area (Å²) in [5.74, 6) is -0.224. The molecule has 1 saturated carbocycles. The molecule has 0 bridgehead atoms. The van der Waals surface area contributed by atoms with Gasteiger partial charge in [-0.1, -0.05) is 29.3 Å². The van der Waals surface area contributed by atoms with E-state index in [0.29, 0.717) is 42.7 Å². The molecule has 0 radical (unpaired) electrons. The second-order valence-electron chi connectivity index (χ2n) is 9.76. The molecule has 200 valence electrons. The van der Waals surface area contributed by atoms with Crippen LogP contribution in [0.1, 0.15) is 48.8 Å². The lowest BCUT2D eigenvalue weighted by Gasteiger charge is -2.36. The highest BCUT2D eigenvalue weighted by molar-refractivity contribution is 6.42. The number of nitrogens with one attached hydrogen (secondary N) is 2. The minimum Gasteiger partial charge on any atom is -0.450 e. The number of hydrogen-bond acceptors (Lipinski definition) is 5. The van der Waals surface area contributed by atoms with Crippen LogP contribution < -0.4 is 16.2 Å². The summed E-state index contributed by atoms with van der Waals surface area (Å²) in [6.45, 7) is 4.19. The van der Waals surface area contributed by atoms with Gasteiger partial charge in [-0.2, -0.15) is 0 Å². The smallest absolute Gasteiger partial charge is 0.407 e. The van der Waals surface area contributed by atoms with Crippen LogP contribution in [-0.4, -0.2) is 53.8 Å². The van der Waals surface area contributed by atoms with Gasteiger partial charge in [-0.25, -0.2) is 4.79 Å². The average molecular weight is 549 g/mol. The second kappa shape index (κ2) is 12.3. The maximum Gasteiger partial charge on any atom is 0.407 e. The largest absolute Gasteiger partial charge is 0.450 e. The van der Waals surface area contributed by atoms with Crippen LogP contribution in [0.4, 0.5) is 4.79 Å². The van der Waals surface area contributed by atoms with Crippen LogP contribution in [0.25, 0.3) is 0 Å². The predicted octanol–water partition coefficient (Wildman–Crippen LogP) is 3.87. The topological polar surface area (TPSA) is 92.7 Å². The highest BCUT2D eigenvalue weighted by Crippen LogP contribution is 2.37. The molecule has 2 unspecified atom stereocenters. The van der Waals surface area contributed by atoms with E-state index in [1.807, 2.05) is 17.0 Å². The summed E-state index contributed by atoms with van der Waals surface area (Å²) in [5.41, 5.74) is 2.55. The molecule has 1 saturated heterocycles. The maximum atomic E-state index is 14.0. The molecular formula is C27H34Cl2N4O4. The van der Waals surface area contributed by atoms with Crippen LogP contribution in [-0.2, 0) is 29.5 Å². The number of nitrogens with zero attached hydrogens (tertiary/aromatic N) is 2. The van der Waals surface area contributed by atoms with Crippen molar-refractivity contribution in [3.8, 4) is 0 Å². The Bertz CT molecular complexity index is 1200. The van der Waals surface area contributed by atoms with Crippen molar-refractivity contribution in [1.29, 1.82) is 0 Å². The zero-order valence-electron chi connectivity index (χ0n) is 21.3. The van der Waals surface area contributed by atoms with Gasteiger partial charge in [-0.3, -0.25) is 9.59 Å². The van der Waals surface area contributed by atoms with Gasteiger partial charge in [-0.05, 0) is 73.9 Å². The summed E-state index contributed by atoms with van der Waals surface area (Å²) >= 11 is 13.1. The maximum absolute atomic E-state index is 14.0. The van der Waals surface area contributed by atoms with E-state index in [9.17, 15) is 14.4 Å². The predicted molar refractivity (Wildman–Crippen MR) is 144 cm³/mol. The van der Waals surface area contributed by atoms with E-state index in [1.165, 1.54) is 0 Å². The third-order valence-corrected chi connectivity index (χ3v) is 7.93. The van der Waals surface area contributed by atoms with E-state index in [1.54, 1.807) is 36.9 Å². The second-order valence-corrected chi connectivity index (χ2v) is 10.5. The first-order valence-electron chi connectivity index (χ1n) is 12.8. The van der Waals surface area contributed by atoms with Gasteiger partial charge >= 0.3 is 6.09 Å². The average Bonchev–Trinajstić information content (AvgIpc) is 3.72. The number of aromatic nitrogens is 1. The minimum atomic E-state index is -0.458. The Morgan fingerprint density at radius 3 is 2.70 bits per heavy atom. The van der Waals surface area contributed by atoms with Crippen molar-refractivity contribution >= 4 is 35.2 Å². The van der Waals surface area contributed by atoms with Gasteiger partial charge < -0.3 is 24.8 Å². The first-order chi connectivity index (χ1) is 17.8. The van der Waals surface area contributed by atoms with Gasteiger partial charge in [-0.15, -0.1) is 0 Å². The Morgan fingerprint density at radius 1 is 1.22 bits per heavy atom. The van der Waals surface area contributed by atoms with Crippen LogP contribution in [0.15, 0.2) is 35.3 Å². The van der Waals surface area contributed by atoms with Gasteiger partial charge in [0.25, 0.3) is 5.56 Å². The number of carbonyl (C=O) groups is 2. The highest BCUT2D eigenvalue weighted by atomic mass is 35.5. The number of aryl methyl sites for hydroxylation is 1. The van der Waals surface area contributed by atoms with Crippen LogP contribution in [0.5, 0.6) is 0 Å². The van der Waals surface area contributed by atoms with Gasteiger partial charge in [0.1, 0.15) is 0 Å². The molecule has 8 nitrogen and oxygen atoms in total. The molecule has 1 aromatic heterocycles. The number of halogens is 2. The lowest BCUT2D eigenvalue weighted by molar-refractivity contribution is -0.138. The number of carbonyl (C=O) groups excluding carboxylic acids is 2. The van der Waals surface area contributed by atoms with Gasteiger partial charge in [0.15, 0.2) is 0 Å². The number of piperidine rings is 1. The minimum absolute atomic E-state index is 0.0248. The zero-order chi connectivity index (χ0) is 26.5. The Balaban J connectivity index is 1.53. The molecule has 1 aromatic carbocycles. The van der Waals surface area contributed by atoms with Crippen molar-refractivity contribution < 1.29 is 14.3 Å². The van der Waals surface area contributed by atoms with Crippen LogP contribution in [0, 0.1) is 5.92 Å². The molecule has 2 atom stereocenters. The lowest BCUT2D eigenvalue weighted by atomic mass is 9.80. The zero-order valence-corrected chi connectivity index (χ0v) is 22.8. The fourth-order valence-corrected chi connectivity index (χ4v) is 5.37. The molecule has 2 amide bonds. The van der Waals surface area contributed by atoms with Crippen molar-refractivity contribution in [2.24, 2.45) is 13.0 Å². The molecule has 4 rings (SSSR count). The monoisotopic (exact) mass is 548 g/mol. The molecule has 2 aromatic rings. The standard InChI is InChI=1S/C27H34Cl2N4O4/c1-3-37-27(36)31-10-6-17-12-19(25(29)23(28)13-17)16-33(20-4-5-20)26(35)22-15-30-9-7-21(22)18-8-11-32(2)24(34)14-18/h8,11-14,20-22,30H,3-7,9-10,15-16H2,1-2H3,(H,31,36). The van der Waals surface area contributed by atoms with E-state index in [2.05, 4.69) is 10.6 Å². The fraction of sp³-hybridized carbons (Fsp3) is 0.519. The Kier molecular flexibility index (Phi) is 9.16. The summed E-state index contributed by atoms with van der Waals surface area (Å²) in [7, 11) is 1.72. The Hall–Kier alpha value is -2.55. The number of ether oxygens (including phenoxy) is 1. The summed E-state index contributed by atoms with van der Waals surface area (Å²) in [5, 5.41) is 6.94. The van der Waals surface area contributed by atoms with Gasteiger partial charge in [0, 0.05) is 45.0 Å². The molecule has 2 aliphatic rings. The summed E-state index contributed by atoms with van der Waals surface area (Å²) < 4.78 is 6.44. The molecule has 0 spiro atoms. The summed E-state index contributed by atoms with van der Waals surface area (Å²) in [6.07, 6.45) is 4.56. The van der Waals surface area contributed by atoms with Crippen LogP contribution >= 0.6 is 23.2 Å². The highest BCUT2D eigenvalue weighted by Gasteiger charge is 2.40. The van der Waals surface area contributed by atoms with Gasteiger partial charge in [0.2, 0.25) is 5.91 Å². The number of hydrogen-bond donors (Lipinski definition) is 2. The summed E-state index contributed by atoms with van der Waals surface area (Å²) in [6, 6.07) is 7.52. The van der Waals surface area contributed by atoms with Crippen LogP contribution in [0.2, 0.25) is 10.0 Å². The molecule has 2 fully saturated rings. The number of rotatable bonds is 9. The van der Waals surface area contributed by atoms with E-state index in [-0.39, 0.29) is 29.3 Å². The van der Waals surface area contributed by atoms with E-state index in [0.717, 1.165) is 42.5 Å². The quantitative estimate of drug-likeness (QED) is 0.496. The van der Waals surface area contributed by atoms with Gasteiger partial charge in [0.05, 0.1) is 22.6 Å². The molecule has 2 heterocycles. The number of benzene rings is 1. The fourth-order valence-electron chi connectivity index (χ4n) is 4.94. The third kappa shape index (κ3) is 6.86. The van der Waals surface area contributed by atoms with Crippen molar-refractivity contribution in [3.05, 3.63) is 67.6 Å². The first kappa shape index (κ1) is 27.5. The van der Waals surface area contributed by atoms with Crippen molar-refractivity contribution in [3.63, 3.8) is 0 Å². The number of pyridine rings is 1. The molecule has 2 N–H and O–H groups in total. The number of alkyl carbamates (subject to hydrolysis) is 1. The van der Waals surface area contributed by atoms with E-state index >= 15 is 0 Å². The first-order valence-corrected chi connectivity index (χ1v) is 13.6. The normalized spacial score (nSPS) is 19.4. The van der Waals surface area contributed by atoms with Crippen molar-refractivity contribution in [1.82, 2.24) is 20.1 Å². The van der Waals surface area contributed by atoms with Crippen molar-refractivity contribution in [2.45, 2.75) is 51.1 Å². The van der Waals surface area contributed by atoms with Crippen molar-refractivity contribution in [2.75, 3.05) is 26.2 Å². The van der Waals surface area contributed by atoms with Crippen LogP contribution in [0.3, 0.4) is 0 Å². The lowest BCUT2D eigenvalue weighted by Crippen LogP contribution is -2.47. The Morgan fingerprint density at radius 2 is 2.00 bits per heavy atom. The Labute approximate surface area is 227 Å². The molecule has 37 heavy (non-hydrogen) atoms. The molecule has 1 aliphatic heterocycles. The summed E-state index contributed by atoms with van der Waals surface area (Å²) in [4.78, 5) is 39.8. The molecule has 10 heteroatoms. The van der Waals surface area contributed by atoms with E-state index in [4.69, 9.17) is 27.9 Å². The third-order valence-electron chi connectivity index (χ3n) is 7.09. The van der Waals surface area contributed by atoms with E-state index < -0.39 is 6.09 Å². The SMILES string of the molecule is CCOC(=O)NCCc1cc(Cl)c(Cl)c(CN(C(=O)C2CNCCC2c2ccn(C)c(=O)c2)C2CC2)c1. The number of amides is 2. The molecule has 1 aliphatic carbocycles.